The maximum atomic E-state index is 11.4. The van der Waals surface area contributed by atoms with Crippen LogP contribution < -0.4 is 11.1 Å². The van der Waals surface area contributed by atoms with Gasteiger partial charge in [-0.25, -0.2) is 4.79 Å². The summed E-state index contributed by atoms with van der Waals surface area (Å²) in [5.74, 6) is -1.15. The Labute approximate surface area is 122 Å². The standard InChI is InChI=1S/C11H11N5O4S/c1-4-5(2)13-14-9(6(4)10(19)20)21-11-12-7(17)8(18)15-16(11)3/h1-3H3,(H,15,18)(H,19,20). The SMILES string of the molecule is Cc1nnc(Sc2nc(=O)c(=O)[nH]n2C)c(C(=O)O)c1C. The van der Waals surface area contributed by atoms with Crippen LogP contribution in [0.3, 0.4) is 0 Å². The number of hydrogen-bond acceptors (Lipinski definition) is 7. The van der Waals surface area contributed by atoms with E-state index in [-0.39, 0.29) is 15.7 Å². The molecule has 0 radical (unpaired) electrons. The summed E-state index contributed by atoms with van der Waals surface area (Å²) in [6, 6.07) is 0. The van der Waals surface area contributed by atoms with Crippen LogP contribution in [0.25, 0.3) is 0 Å². The first-order chi connectivity index (χ1) is 9.81. The van der Waals surface area contributed by atoms with E-state index in [1.165, 1.54) is 11.7 Å². The lowest BCUT2D eigenvalue weighted by atomic mass is 10.1. The summed E-state index contributed by atoms with van der Waals surface area (Å²) in [6.07, 6.45) is 0. The Morgan fingerprint density at radius 1 is 1.29 bits per heavy atom. The molecule has 2 heterocycles. The molecule has 0 fully saturated rings. The van der Waals surface area contributed by atoms with Gasteiger partial charge < -0.3 is 5.11 Å². The first-order valence-electron chi connectivity index (χ1n) is 5.73. The maximum Gasteiger partial charge on any atom is 0.339 e. The maximum absolute atomic E-state index is 11.4. The molecule has 21 heavy (non-hydrogen) atoms. The molecule has 2 aromatic rings. The van der Waals surface area contributed by atoms with Gasteiger partial charge in [-0.05, 0) is 31.2 Å². The Morgan fingerprint density at radius 2 is 1.95 bits per heavy atom. The highest BCUT2D eigenvalue weighted by molar-refractivity contribution is 7.99. The number of aromatic amines is 1. The molecule has 2 aromatic heterocycles. The number of H-pyrrole nitrogens is 1. The van der Waals surface area contributed by atoms with Crippen molar-refractivity contribution in [2.75, 3.05) is 0 Å². The molecule has 0 unspecified atom stereocenters. The number of aromatic carboxylic acids is 1. The van der Waals surface area contributed by atoms with Gasteiger partial charge in [0.15, 0.2) is 5.16 Å². The average Bonchev–Trinajstić information content (AvgIpc) is 2.40. The monoisotopic (exact) mass is 309 g/mol. The fourth-order valence-electron chi connectivity index (χ4n) is 1.55. The van der Waals surface area contributed by atoms with Gasteiger partial charge >= 0.3 is 17.1 Å². The molecule has 0 aliphatic carbocycles. The summed E-state index contributed by atoms with van der Waals surface area (Å²) in [6.45, 7) is 3.27. The highest BCUT2D eigenvalue weighted by Gasteiger charge is 2.20. The van der Waals surface area contributed by atoms with Crippen LogP contribution in [0.2, 0.25) is 0 Å². The largest absolute Gasteiger partial charge is 0.478 e. The number of carbonyl (C=O) groups is 1. The Morgan fingerprint density at radius 3 is 2.57 bits per heavy atom. The second kappa shape index (κ2) is 5.48. The van der Waals surface area contributed by atoms with Gasteiger partial charge in [0, 0.05) is 7.05 Å². The van der Waals surface area contributed by atoms with E-state index in [0.29, 0.717) is 11.3 Å². The zero-order valence-electron chi connectivity index (χ0n) is 11.4. The molecule has 0 bridgehead atoms. The third-order valence-corrected chi connectivity index (χ3v) is 3.80. The predicted molar refractivity (Wildman–Crippen MR) is 72.7 cm³/mol. The fraction of sp³-hybridized carbons (Fsp3) is 0.273. The van der Waals surface area contributed by atoms with E-state index in [4.69, 9.17) is 0 Å². The summed E-state index contributed by atoms with van der Waals surface area (Å²) in [7, 11) is 1.48. The lowest BCUT2D eigenvalue weighted by molar-refractivity contribution is 0.0690. The van der Waals surface area contributed by atoms with E-state index in [9.17, 15) is 19.5 Å². The van der Waals surface area contributed by atoms with Gasteiger partial charge in [-0.15, -0.1) is 5.10 Å². The highest BCUT2D eigenvalue weighted by Crippen LogP contribution is 2.27. The Hall–Kier alpha value is -2.49. The summed E-state index contributed by atoms with van der Waals surface area (Å²) in [5.41, 5.74) is -0.835. The number of carboxylic acid groups (broad SMARTS) is 1. The van der Waals surface area contributed by atoms with Gasteiger partial charge in [0.1, 0.15) is 5.03 Å². The topological polar surface area (TPSA) is 131 Å². The zero-order valence-corrected chi connectivity index (χ0v) is 12.2. The summed E-state index contributed by atoms with van der Waals surface area (Å²) < 4.78 is 1.22. The van der Waals surface area contributed by atoms with E-state index in [1.807, 2.05) is 0 Å². The van der Waals surface area contributed by atoms with Crippen LogP contribution in [-0.2, 0) is 7.05 Å². The minimum atomic E-state index is -1.15. The van der Waals surface area contributed by atoms with Crippen molar-refractivity contribution in [3.8, 4) is 0 Å². The molecular formula is C11H11N5O4S. The van der Waals surface area contributed by atoms with Gasteiger partial charge in [-0.3, -0.25) is 19.4 Å². The number of hydrogen-bond donors (Lipinski definition) is 2. The van der Waals surface area contributed by atoms with Crippen molar-refractivity contribution in [3.63, 3.8) is 0 Å². The molecule has 110 valence electrons. The summed E-state index contributed by atoms with van der Waals surface area (Å²) in [4.78, 5) is 37.4. The Bertz CT molecular complexity index is 841. The molecule has 0 amide bonds. The van der Waals surface area contributed by atoms with Crippen molar-refractivity contribution >= 4 is 17.7 Å². The van der Waals surface area contributed by atoms with Crippen molar-refractivity contribution in [3.05, 3.63) is 37.5 Å². The Kier molecular flexibility index (Phi) is 3.89. The number of nitrogens with zero attached hydrogens (tertiary/aromatic N) is 4. The zero-order chi connectivity index (χ0) is 15.7. The van der Waals surface area contributed by atoms with Crippen LogP contribution in [0.1, 0.15) is 21.6 Å². The van der Waals surface area contributed by atoms with Crippen LogP contribution in [0, 0.1) is 13.8 Å². The van der Waals surface area contributed by atoms with Crippen LogP contribution in [-0.4, -0.2) is 36.0 Å². The Balaban J connectivity index is 2.57. The van der Waals surface area contributed by atoms with Crippen LogP contribution >= 0.6 is 11.8 Å². The number of rotatable bonds is 3. The molecule has 9 nitrogen and oxygen atoms in total. The first kappa shape index (κ1) is 14.9. The van der Waals surface area contributed by atoms with Crippen molar-refractivity contribution < 1.29 is 9.90 Å². The third kappa shape index (κ3) is 2.84. The van der Waals surface area contributed by atoms with Crippen LogP contribution in [0.5, 0.6) is 0 Å². The van der Waals surface area contributed by atoms with E-state index >= 15 is 0 Å². The summed E-state index contributed by atoms with van der Waals surface area (Å²) >= 11 is 0.842. The van der Waals surface area contributed by atoms with Crippen LogP contribution in [0.15, 0.2) is 19.8 Å². The molecule has 0 aliphatic heterocycles. The molecule has 0 atom stereocenters. The molecule has 0 saturated carbocycles. The molecular weight excluding hydrogens is 298 g/mol. The van der Waals surface area contributed by atoms with E-state index in [1.54, 1.807) is 13.8 Å². The van der Waals surface area contributed by atoms with Gasteiger partial charge in [0.25, 0.3) is 0 Å². The minimum Gasteiger partial charge on any atom is -0.478 e. The predicted octanol–water partition coefficient (Wildman–Crippen LogP) is -0.275. The average molecular weight is 309 g/mol. The normalized spacial score (nSPS) is 10.6. The van der Waals surface area contributed by atoms with Gasteiger partial charge in [-0.2, -0.15) is 10.1 Å². The second-order valence-electron chi connectivity index (χ2n) is 4.20. The van der Waals surface area contributed by atoms with Crippen molar-refractivity contribution in [2.24, 2.45) is 7.05 Å². The summed E-state index contributed by atoms with van der Waals surface area (Å²) in [5, 5.41) is 19.5. The molecule has 0 spiro atoms. The van der Waals surface area contributed by atoms with E-state index < -0.39 is 17.1 Å². The number of aryl methyl sites for hydroxylation is 2. The lowest BCUT2D eigenvalue weighted by Gasteiger charge is -2.09. The van der Waals surface area contributed by atoms with Gasteiger partial charge in [0.2, 0.25) is 0 Å². The highest BCUT2D eigenvalue weighted by atomic mass is 32.2. The second-order valence-corrected chi connectivity index (χ2v) is 5.15. The lowest BCUT2D eigenvalue weighted by Crippen LogP contribution is -2.33. The van der Waals surface area contributed by atoms with Gasteiger partial charge in [0.05, 0.1) is 11.3 Å². The van der Waals surface area contributed by atoms with E-state index in [2.05, 4.69) is 20.3 Å². The first-order valence-corrected chi connectivity index (χ1v) is 6.55. The number of carboxylic acids is 1. The van der Waals surface area contributed by atoms with Crippen molar-refractivity contribution in [1.82, 2.24) is 25.0 Å². The third-order valence-electron chi connectivity index (χ3n) is 2.77. The van der Waals surface area contributed by atoms with Crippen molar-refractivity contribution in [1.29, 1.82) is 0 Å². The molecule has 0 aromatic carbocycles. The fourth-order valence-corrected chi connectivity index (χ4v) is 2.46. The molecule has 2 N–H and O–H groups in total. The van der Waals surface area contributed by atoms with Crippen molar-refractivity contribution in [2.45, 2.75) is 24.0 Å². The molecule has 2 rings (SSSR count). The van der Waals surface area contributed by atoms with Gasteiger partial charge in [-0.1, -0.05) is 0 Å². The van der Waals surface area contributed by atoms with E-state index in [0.717, 1.165) is 11.8 Å². The minimum absolute atomic E-state index is 0.00653. The smallest absolute Gasteiger partial charge is 0.339 e. The van der Waals surface area contributed by atoms with Crippen LogP contribution in [0.4, 0.5) is 0 Å². The molecule has 10 heteroatoms. The number of nitrogens with one attached hydrogen (secondary N) is 1. The molecule has 0 saturated heterocycles. The quantitative estimate of drug-likeness (QED) is 0.740. The molecule has 0 aliphatic rings. The number of aromatic nitrogens is 5.